The van der Waals surface area contributed by atoms with Gasteiger partial charge in [0.2, 0.25) is 0 Å². The molecule has 1 heterocycles. The molecule has 15 heavy (non-hydrogen) atoms. The molecule has 0 aliphatic carbocycles. The van der Waals surface area contributed by atoms with Crippen LogP contribution in [0.4, 0.5) is 0 Å². The van der Waals surface area contributed by atoms with Gasteiger partial charge in [-0.2, -0.15) is 0 Å². The average molecular weight is 229 g/mol. The maximum absolute atomic E-state index is 11.5. The summed E-state index contributed by atoms with van der Waals surface area (Å²) in [6.07, 6.45) is 2.32. The van der Waals surface area contributed by atoms with Crippen LogP contribution in [0.5, 0.6) is 0 Å². The Hall–Kier alpha value is -1.01. The molecular weight excluding hydrogens is 214 g/mol. The first kappa shape index (κ1) is 12.1. The van der Waals surface area contributed by atoms with E-state index in [0.29, 0.717) is 11.5 Å². The number of carbonyl (C=O) groups excluding carboxylic acids is 1. The second-order valence-corrected chi connectivity index (χ2v) is 3.96. The van der Waals surface area contributed by atoms with Gasteiger partial charge in [0.05, 0.1) is 13.2 Å². The second kappa shape index (κ2) is 5.18. The number of nitrogens with zero attached hydrogens (tertiary/aromatic N) is 2. The van der Waals surface area contributed by atoms with Crippen molar-refractivity contribution in [1.82, 2.24) is 10.2 Å². The highest BCUT2D eigenvalue weighted by Gasteiger charge is 2.26. The monoisotopic (exact) mass is 229 g/mol. The van der Waals surface area contributed by atoms with Gasteiger partial charge in [0.1, 0.15) is 6.04 Å². The highest BCUT2D eigenvalue weighted by atomic mass is 32.1. The number of nitrogens with one attached hydrogen (secondary N) is 1. The van der Waals surface area contributed by atoms with E-state index in [-0.39, 0.29) is 18.1 Å². The van der Waals surface area contributed by atoms with Crippen molar-refractivity contribution in [2.24, 2.45) is 4.99 Å². The number of aliphatic imine (C=N–C) groups is 1. The molecule has 0 aromatic carbocycles. The van der Waals surface area contributed by atoms with Gasteiger partial charge < -0.3 is 10.1 Å². The van der Waals surface area contributed by atoms with Gasteiger partial charge in [0, 0.05) is 6.21 Å². The third-order valence-corrected chi connectivity index (χ3v) is 2.48. The van der Waals surface area contributed by atoms with Gasteiger partial charge >= 0.3 is 5.97 Å². The molecule has 0 fully saturated rings. The molecule has 0 aromatic heterocycles. The first-order valence-electron chi connectivity index (χ1n) is 4.63. The standard InChI is InChI=1S/C9H15N3O2S/c1-12(2)7(8(13)14-3)4-6-5-10-9(15)11-6/h5-7H,4H2,1-3H3,(H,11,15)/t6?,7-/m0/s1. The van der Waals surface area contributed by atoms with E-state index in [9.17, 15) is 4.79 Å². The summed E-state index contributed by atoms with van der Waals surface area (Å²) in [6.45, 7) is 0. The van der Waals surface area contributed by atoms with Crippen molar-refractivity contribution >= 4 is 29.5 Å². The Labute approximate surface area is 94.5 Å². The van der Waals surface area contributed by atoms with Crippen LogP contribution in [-0.2, 0) is 9.53 Å². The zero-order valence-corrected chi connectivity index (χ0v) is 9.87. The minimum Gasteiger partial charge on any atom is -0.468 e. The summed E-state index contributed by atoms with van der Waals surface area (Å²) in [7, 11) is 5.07. The highest BCUT2D eigenvalue weighted by Crippen LogP contribution is 2.07. The molecule has 6 heteroatoms. The second-order valence-electron chi connectivity index (χ2n) is 3.57. The van der Waals surface area contributed by atoms with Gasteiger partial charge in [-0.25, -0.2) is 4.99 Å². The smallest absolute Gasteiger partial charge is 0.323 e. The van der Waals surface area contributed by atoms with Crippen molar-refractivity contribution in [3.05, 3.63) is 0 Å². The Morgan fingerprint density at radius 1 is 1.80 bits per heavy atom. The van der Waals surface area contributed by atoms with Gasteiger partial charge in [-0.05, 0) is 32.7 Å². The topological polar surface area (TPSA) is 53.9 Å². The molecule has 1 rings (SSSR count). The Bertz CT molecular complexity index is 291. The summed E-state index contributed by atoms with van der Waals surface area (Å²) in [4.78, 5) is 17.2. The third kappa shape index (κ3) is 3.24. The molecule has 0 saturated carbocycles. The quantitative estimate of drug-likeness (QED) is 0.535. The molecule has 84 valence electrons. The van der Waals surface area contributed by atoms with Crippen LogP contribution in [-0.4, -0.2) is 55.5 Å². The maximum Gasteiger partial charge on any atom is 0.323 e. The van der Waals surface area contributed by atoms with Crippen LogP contribution in [0.3, 0.4) is 0 Å². The van der Waals surface area contributed by atoms with E-state index in [0.717, 1.165) is 0 Å². The zero-order chi connectivity index (χ0) is 11.4. The van der Waals surface area contributed by atoms with Gasteiger partial charge in [-0.1, -0.05) is 0 Å². The molecule has 2 atom stereocenters. The van der Waals surface area contributed by atoms with Crippen molar-refractivity contribution in [1.29, 1.82) is 0 Å². The van der Waals surface area contributed by atoms with E-state index in [4.69, 9.17) is 17.0 Å². The van der Waals surface area contributed by atoms with Crippen LogP contribution in [0.25, 0.3) is 0 Å². The molecule has 1 aliphatic heterocycles. The number of rotatable bonds is 4. The molecule has 0 spiro atoms. The maximum atomic E-state index is 11.5. The highest BCUT2D eigenvalue weighted by molar-refractivity contribution is 7.80. The summed E-state index contributed by atoms with van der Waals surface area (Å²) in [5.41, 5.74) is 0. The Balaban J connectivity index is 2.56. The molecule has 0 radical (unpaired) electrons. The van der Waals surface area contributed by atoms with Crippen LogP contribution < -0.4 is 5.32 Å². The predicted molar refractivity (Wildman–Crippen MR) is 62.1 cm³/mol. The van der Waals surface area contributed by atoms with Crippen LogP contribution in [0, 0.1) is 0 Å². The largest absolute Gasteiger partial charge is 0.468 e. The first-order valence-corrected chi connectivity index (χ1v) is 5.04. The molecule has 1 aliphatic rings. The van der Waals surface area contributed by atoms with Crippen LogP contribution >= 0.6 is 12.2 Å². The first-order chi connectivity index (χ1) is 7.04. The SMILES string of the molecule is COC(=O)[C@H](CC1C=NC(=S)N1)N(C)C. The van der Waals surface area contributed by atoms with E-state index >= 15 is 0 Å². The van der Waals surface area contributed by atoms with Crippen LogP contribution in [0.1, 0.15) is 6.42 Å². The van der Waals surface area contributed by atoms with Crippen LogP contribution in [0.15, 0.2) is 4.99 Å². The van der Waals surface area contributed by atoms with Gasteiger partial charge in [0.25, 0.3) is 0 Å². The van der Waals surface area contributed by atoms with E-state index in [1.165, 1.54) is 7.11 Å². The molecule has 1 unspecified atom stereocenters. The molecule has 0 amide bonds. The number of methoxy groups -OCH3 is 1. The Morgan fingerprint density at radius 3 is 2.87 bits per heavy atom. The fraction of sp³-hybridized carbons (Fsp3) is 0.667. The van der Waals surface area contributed by atoms with Gasteiger partial charge in [-0.15, -0.1) is 0 Å². The Kier molecular flexibility index (Phi) is 4.16. The molecule has 1 N–H and O–H groups in total. The van der Waals surface area contributed by atoms with E-state index in [2.05, 4.69) is 10.3 Å². The lowest BCUT2D eigenvalue weighted by molar-refractivity contribution is -0.146. The summed E-state index contributed by atoms with van der Waals surface area (Å²) in [5.74, 6) is -0.243. The average Bonchev–Trinajstić information content (AvgIpc) is 2.59. The summed E-state index contributed by atoms with van der Waals surface area (Å²) < 4.78 is 4.73. The van der Waals surface area contributed by atoms with E-state index in [1.807, 2.05) is 19.0 Å². The minimum atomic E-state index is -0.278. The summed E-state index contributed by atoms with van der Waals surface area (Å²) in [5, 5.41) is 3.47. The number of ether oxygens (including phenoxy) is 1. The molecule has 0 aromatic rings. The van der Waals surface area contributed by atoms with E-state index in [1.54, 1.807) is 6.21 Å². The van der Waals surface area contributed by atoms with Gasteiger partial charge in [-0.3, -0.25) is 9.69 Å². The summed E-state index contributed by atoms with van der Waals surface area (Å²) >= 11 is 4.87. The minimum absolute atomic E-state index is 0.0176. The fourth-order valence-corrected chi connectivity index (χ4v) is 1.62. The lowest BCUT2D eigenvalue weighted by Crippen LogP contribution is -2.42. The zero-order valence-electron chi connectivity index (χ0n) is 9.06. The third-order valence-electron chi connectivity index (χ3n) is 2.25. The number of carbonyl (C=O) groups is 1. The predicted octanol–water partition coefficient (Wildman–Crippen LogP) is -0.193. The normalized spacial score (nSPS) is 21.6. The Morgan fingerprint density at radius 2 is 2.47 bits per heavy atom. The number of hydrogen-bond acceptors (Lipinski definition) is 4. The van der Waals surface area contributed by atoms with Crippen molar-refractivity contribution < 1.29 is 9.53 Å². The lowest BCUT2D eigenvalue weighted by Gasteiger charge is -2.23. The van der Waals surface area contributed by atoms with Crippen molar-refractivity contribution in [2.45, 2.75) is 18.5 Å². The number of likely N-dealkylation sites (N-methyl/N-ethyl adjacent to an activating group) is 1. The number of hydrogen-bond donors (Lipinski definition) is 1. The lowest BCUT2D eigenvalue weighted by atomic mass is 10.1. The molecule has 0 saturated heterocycles. The van der Waals surface area contributed by atoms with Crippen LogP contribution in [0.2, 0.25) is 0 Å². The van der Waals surface area contributed by atoms with E-state index < -0.39 is 0 Å². The molecular formula is C9H15N3O2S. The number of thiocarbonyl (C=S) groups is 1. The van der Waals surface area contributed by atoms with Crippen molar-refractivity contribution in [3.8, 4) is 0 Å². The fourth-order valence-electron chi connectivity index (χ4n) is 1.41. The molecule has 5 nitrogen and oxygen atoms in total. The number of esters is 1. The van der Waals surface area contributed by atoms with Crippen molar-refractivity contribution in [3.63, 3.8) is 0 Å². The van der Waals surface area contributed by atoms with Gasteiger partial charge in [0.15, 0.2) is 5.11 Å². The summed E-state index contributed by atoms with van der Waals surface area (Å²) in [6, 6.07) is -0.260. The van der Waals surface area contributed by atoms with Crippen molar-refractivity contribution in [2.75, 3.05) is 21.2 Å². The molecule has 0 bridgehead atoms.